The van der Waals surface area contributed by atoms with Gasteiger partial charge in [-0.1, -0.05) is 12.1 Å². The van der Waals surface area contributed by atoms with Crippen molar-refractivity contribution in [2.75, 3.05) is 12.8 Å². The van der Waals surface area contributed by atoms with Crippen molar-refractivity contribution in [2.24, 2.45) is 0 Å². The molecule has 0 aromatic heterocycles. The topological polar surface area (TPSA) is 86.6 Å². The number of benzene rings is 1. The standard InChI is InChI=1S/C12H15NO4S/c1-18-10-5-3-2-4-8(10)11(15)13-7-6-9(14)12(16)17/h2-5,9,14H,6-7H2,1H3,(H,13,15)(H,16,17). The molecular formula is C12H15NO4S. The van der Waals surface area contributed by atoms with Gasteiger partial charge in [-0.3, -0.25) is 4.79 Å². The van der Waals surface area contributed by atoms with Crippen LogP contribution < -0.4 is 5.32 Å². The Morgan fingerprint density at radius 2 is 2.06 bits per heavy atom. The molecule has 0 spiro atoms. The van der Waals surface area contributed by atoms with Gasteiger partial charge in [0.05, 0.1) is 5.56 Å². The maximum Gasteiger partial charge on any atom is 0.332 e. The van der Waals surface area contributed by atoms with Gasteiger partial charge in [0.1, 0.15) is 0 Å². The summed E-state index contributed by atoms with van der Waals surface area (Å²) in [7, 11) is 0. The van der Waals surface area contributed by atoms with Gasteiger partial charge in [0.15, 0.2) is 6.10 Å². The van der Waals surface area contributed by atoms with Gasteiger partial charge in [-0.05, 0) is 18.4 Å². The Morgan fingerprint density at radius 1 is 1.39 bits per heavy atom. The molecule has 0 fully saturated rings. The van der Waals surface area contributed by atoms with Gasteiger partial charge in [-0.2, -0.15) is 0 Å². The van der Waals surface area contributed by atoms with Crippen molar-refractivity contribution >= 4 is 23.6 Å². The van der Waals surface area contributed by atoms with Gasteiger partial charge in [-0.15, -0.1) is 11.8 Å². The fourth-order valence-electron chi connectivity index (χ4n) is 1.37. The van der Waals surface area contributed by atoms with Crippen LogP contribution in [-0.4, -0.2) is 41.0 Å². The van der Waals surface area contributed by atoms with Gasteiger partial charge in [-0.25, -0.2) is 4.79 Å². The molecule has 6 heteroatoms. The summed E-state index contributed by atoms with van der Waals surface area (Å²) in [5, 5.41) is 20.1. The number of carboxylic acids is 1. The fraction of sp³-hybridized carbons (Fsp3) is 0.333. The first-order valence-electron chi connectivity index (χ1n) is 5.38. The molecule has 1 amide bonds. The minimum atomic E-state index is -1.44. The monoisotopic (exact) mass is 269 g/mol. The third-order valence-corrected chi connectivity index (χ3v) is 3.14. The van der Waals surface area contributed by atoms with Crippen molar-refractivity contribution in [3.05, 3.63) is 29.8 Å². The molecule has 1 rings (SSSR count). The molecule has 1 unspecified atom stereocenters. The molecular weight excluding hydrogens is 254 g/mol. The lowest BCUT2D eigenvalue weighted by molar-refractivity contribution is -0.146. The minimum absolute atomic E-state index is 0.0114. The lowest BCUT2D eigenvalue weighted by Crippen LogP contribution is -2.30. The highest BCUT2D eigenvalue weighted by atomic mass is 32.2. The maximum atomic E-state index is 11.8. The Labute approximate surface area is 109 Å². The van der Waals surface area contributed by atoms with Crippen molar-refractivity contribution in [3.63, 3.8) is 0 Å². The summed E-state index contributed by atoms with van der Waals surface area (Å²) in [6.45, 7) is 0.120. The highest BCUT2D eigenvalue weighted by Crippen LogP contribution is 2.19. The van der Waals surface area contributed by atoms with Crippen molar-refractivity contribution in [3.8, 4) is 0 Å². The van der Waals surface area contributed by atoms with Crippen LogP contribution >= 0.6 is 11.8 Å². The Balaban J connectivity index is 2.53. The number of hydrogen-bond donors (Lipinski definition) is 3. The number of amides is 1. The molecule has 98 valence electrons. The second kappa shape index (κ2) is 7.03. The molecule has 0 aliphatic carbocycles. The van der Waals surface area contributed by atoms with Crippen LogP contribution in [0.15, 0.2) is 29.2 Å². The number of carboxylic acid groups (broad SMARTS) is 1. The van der Waals surface area contributed by atoms with E-state index in [1.165, 1.54) is 11.8 Å². The SMILES string of the molecule is CSc1ccccc1C(=O)NCCC(O)C(=O)O. The van der Waals surface area contributed by atoms with Gasteiger partial charge < -0.3 is 15.5 Å². The zero-order chi connectivity index (χ0) is 13.5. The first-order chi connectivity index (χ1) is 8.56. The van der Waals surface area contributed by atoms with Crippen LogP contribution in [0, 0.1) is 0 Å². The van der Waals surface area contributed by atoms with E-state index in [9.17, 15) is 9.59 Å². The molecule has 1 atom stereocenters. The van der Waals surface area contributed by atoms with Crippen LogP contribution in [0.2, 0.25) is 0 Å². The average Bonchev–Trinajstić information content (AvgIpc) is 2.38. The highest BCUT2D eigenvalue weighted by molar-refractivity contribution is 7.98. The van der Waals surface area contributed by atoms with E-state index in [1.807, 2.05) is 18.4 Å². The maximum absolute atomic E-state index is 11.8. The molecule has 0 aliphatic rings. The molecule has 5 nitrogen and oxygen atoms in total. The molecule has 0 aliphatic heterocycles. The molecule has 0 heterocycles. The number of aliphatic hydroxyl groups is 1. The number of hydrogen-bond acceptors (Lipinski definition) is 4. The largest absolute Gasteiger partial charge is 0.479 e. The third-order valence-electron chi connectivity index (χ3n) is 2.34. The van der Waals surface area contributed by atoms with E-state index in [4.69, 9.17) is 10.2 Å². The van der Waals surface area contributed by atoms with E-state index in [-0.39, 0.29) is 18.9 Å². The zero-order valence-electron chi connectivity index (χ0n) is 9.92. The Hall–Kier alpha value is -1.53. The van der Waals surface area contributed by atoms with Crippen molar-refractivity contribution in [2.45, 2.75) is 17.4 Å². The molecule has 0 saturated heterocycles. The van der Waals surface area contributed by atoms with E-state index in [0.29, 0.717) is 5.56 Å². The highest BCUT2D eigenvalue weighted by Gasteiger charge is 2.14. The summed E-state index contributed by atoms with van der Waals surface area (Å²) < 4.78 is 0. The average molecular weight is 269 g/mol. The van der Waals surface area contributed by atoms with E-state index in [1.54, 1.807) is 12.1 Å². The molecule has 1 aromatic rings. The summed E-state index contributed by atoms with van der Waals surface area (Å²) in [5.74, 6) is -1.55. The number of carbonyl (C=O) groups excluding carboxylic acids is 1. The van der Waals surface area contributed by atoms with E-state index >= 15 is 0 Å². The van der Waals surface area contributed by atoms with Gasteiger partial charge in [0, 0.05) is 17.9 Å². The Kier molecular flexibility index (Phi) is 5.67. The summed E-state index contributed by atoms with van der Waals surface area (Å²) in [4.78, 5) is 23.1. The third kappa shape index (κ3) is 4.05. The number of aliphatic carboxylic acids is 1. The summed E-state index contributed by atoms with van der Waals surface area (Å²) in [6, 6.07) is 7.15. The number of thioether (sulfide) groups is 1. The normalized spacial score (nSPS) is 11.9. The molecule has 0 radical (unpaired) electrons. The van der Waals surface area contributed by atoms with Crippen LogP contribution in [0.4, 0.5) is 0 Å². The van der Waals surface area contributed by atoms with Crippen molar-refractivity contribution in [1.29, 1.82) is 0 Å². The van der Waals surface area contributed by atoms with Gasteiger partial charge in [0.25, 0.3) is 5.91 Å². The van der Waals surface area contributed by atoms with Crippen LogP contribution in [0.5, 0.6) is 0 Å². The minimum Gasteiger partial charge on any atom is -0.479 e. The lowest BCUT2D eigenvalue weighted by atomic mass is 10.2. The quantitative estimate of drug-likeness (QED) is 0.670. The number of carbonyl (C=O) groups is 2. The second-order valence-corrected chi connectivity index (χ2v) is 4.45. The first kappa shape index (κ1) is 14.5. The van der Waals surface area contributed by atoms with E-state index in [2.05, 4.69) is 5.32 Å². The Morgan fingerprint density at radius 3 is 2.67 bits per heavy atom. The van der Waals surface area contributed by atoms with E-state index < -0.39 is 12.1 Å². The second-order valence-electron chi connectivity index (χ2n) is 3.60. The van der Waals surface area contributed by atoms with E-state index in [0.717, 1.165) is 4.90 Å². The van der Waals surface area contributed by atoms with Crippen molar-refractivity contribution < 1.29 is 19.8 Å². The number of rotatable bonds is 6. The molecule has 3 N–H and O–H groups in total. The van der Waals surface area contributed by atoms with Crippen LogP contribution in [0.1, 0.15) is 16.8 Å². The molecule has 0 bridgehead atoms. The summed E-state index contributed by atoms with van der Waals surface area (Å²) >= 11 is 1.46. The number of nitrogens with one attached hydrogen (secondary N) is 1. The van der Waals surface area contributed by atoms with Gasteiger partial charge >= 0.3 is 5.97 Å². The Bertz CT molecular complexity index is 436. The van der Waals surface area contributed by atoms with Crippen LogP contribution in [0.25, 0.3) is 0 Å². The summed E-state index contributed by atoms with van der Waals surface area (Å²) in [5.41, 5.74) is 0.551. The van der Waals surface area contributed by atoms with Crippen molar-refractivity contribution in [1.82, 2.24) is 5.32 Å². The summed E-state index contributed by atoms with van der Waals surface area (Å²) in [6.07, 6.45) is 0.420. The number of aliphatic hydroxyl groups excluding tert-OH is 1. The first-order valence-corrected chi connectivity index (χ1v) is 6.60. The predicted molar refractivity (Wildman–Crippen MR) is 68.8 cm³/mol. The lowest BCUT2D eigenvalue weighted by Gasteiger charge is -2.09. The predicted octanol–water partition coefficient (Wildman–Crippen LogP) is 0.974. The molecule has 0 saturated carbocycles. The molecule has 18 heavy (non-hydrogen) atoms. The molecule has 1 aromatic carbocycles. The fourth-order valence-corrected chi connectivity index (χ4v) is 1.97. The van der Waals surface area contributed by atoms with Gasteiger partial charge in [0.2, 0.25) is 0 Å². The zero-order valence-corrected chi connectivity index (χ0v) is 10.7. The smallest absolute Gasteiger partial charge is 0.332 e. The van der Waals surface area contributed by atoms with Crippen LogP contribution in [-0.2, 0) is 4.79 Å². The van der Waals surface area contributed by atoms with Crippen LogP contribution in [0.3, 0.4) is 0 Å².